The van der Waals surface area contributed by atoms with Gasteiger partial charge in [-0.3, -0.25) is 10.1 Å². The van der Waals surface area contributed by atoms with Crippen LogP contribution in [0.25, 0.3) is 0 Å². The van der Waals surface area contributed by atoms with Crippen molar-refractivity contribution in [3.8, 4) is 0 Å². The van der Waals surface area contributed by atoms with E-state index in [0.717, 1.165) is 6.07 Å². The Morgan fingerprint density at radius 2 is 2.00 bits per heavy atom. The first kappa shape index (κ1) is 14.8. The van der Waals surface area contributed by atoms with Gasteiger partial charge in [-0.25, -0.2) is 9.18 Å². The van der Waals surface area contributed by atoms with Crippen LogP contribution in [0.15, 0.2) is 12.1 Å². The third-order valence-electron chi connectivity index (χ3n) is 2.23. The van der Waals surface area contributed by atoms with E-state index < -0.39 is 28.3 Å². The van der Waals surface area contributed by atoms with Crippen LogP contribution in [0.2, 0.25) is 0 Å². The summed E-state index contributed by atoms with van der Waals surface area (Å²) in [5, 5.41) is 15.5. The molecule has 0 aliphatic carbocycles. The lowest BCUT2D eigenvalue weighted by Crippen LogP contribution is -2.35. The molecule has 1 aromatic carbocycles. The van der Waals surface area contributed by atoms with Crippen molar-refractivity contribution in [1.82, 2.24) is 10.6 Å². The number of amides is 2. The molecule has 1 aromatic rings. The third kappa shape index (κ3) is 4.47. The summed E-state index contributed by atoms with van der Waals surface area (Å²) in [4.78, 5) is 19.9. The minimum atomic E-state index is -1.22. The van der Waals surface area contributed by atoms with Crippen molar-refractivity contribution < 1.29 is 18.5 Å². The highest BCUT2D eigenvalue weighted by atomic mass is 19.1. The summed E-state index contributed by atoms with van der Waals surface area (Å²) in [6, 6.07) is 0.612. The molecule has 0 bridgehead atoms. The van der Waals surface area contributed by atoms with E-state index in [9.17, 15) is 23.7 Å². The summed E-state index contributed by atoms with van der Waals surface area (Å²) < 4.78 is 26.4. The molecule has 0 radical (unpaired) electrons. The van der Waals surface area contributed by atoms with E-state index in [0.29, 0.717) is 6.07 Å². The number of nitro groups is 1. The smallest absolute Gasteiger partial charge is 0.312 e. The number of halogens is 2. The zero-order valence-electron chi connectivity index (χ0n) is 9.78. The van der Waals surface area contributed by atoms with E-state index in [1.807, 2.05) is 0 Å². The molecule has 0 aliphatic rings. The highest BCUT2D eigenvalue weighted by Gasteiger charge is 2.17. The molecule has 19 heavy (non-hydrogen) atoms. The summed E-state index contributed by atoms with van der Waals surface area (Å²) in [5.41, 5.74) is 4.01. The first-order valence-electron chi connectivity index (χ1n) is 5.28. The molecule has 0 aromatic heterocycles. The molecule has 0 aliphatic heterocycles. The molecule has 7 nitrogen and oxygen atoms in total. The van der Waals surface area contributed by atoms with Crippen LogP contribution in [0.1, 0.15) is 5.56 Å². The zero-order chi connectivity index (χ0) is 14.4. The van der Waals surface area contributed by atoms with Crippen molar-refractivity contribution in [3.63, 3.8) is 0 Å². The Hall–Kier alpha value is -2.29. The van der Waals surface area contributed by atoms with E-state index in [2.05, 4.69) is 10.6 Å². The van der Waals surface area contributed by atoms with E-state index in [1.54, 1.807) is 0 Å². The fourth-order valence-electron chi connectivity index (χ4n) is 1.35. The minimum Gasteiger partial charge on any atom is -0.352 e. The lowest BCUT2D eigenvalue weighted by atomic mass is 10.2. The van der Waals surface area contributed by atoms with Gasteiger partial charge in [0.25, 0.3) is 0 Å². The fourth-order valence-corrected chi connectivity index (χ4v) is 1.35. The minimum absolute atomic E-state index is 0.0343. The van der Waals surface area contributed by atoms with Gasteiger partial charge in [0.2, 0.25) is 5.82 Å². The first-order chi connectivity index (χ1) is 8.91. The lowest BCUT2D eigenvalue weighted by Gasteiger charge is -2.06. The first-order valence-corrected chi connectivity index (χ1v) is 5.28. The Kier molecular flexibility index (Phi) is 5.12. The van der Waals surface area contributed by atoms with Crippen molar-refractivity contribution in [2.45, 2.75) is 6.54 Å². The number of hydrogen-bond donors (Lipinski definition) is 3. The van der Waals surface area contributed by atoms with Crippen molar-refractivity contribution >= 4 is 11.7 Å². The second-order valence-corrected chi connectivity index (χ2v) is 3.62. The quantitative estimate of drug-likeness (QED) is 0.401. The van der Waals surface area contributed by atoms with Crippen molar-refractivity contribution in [2.24, 2.45) is 5.73 Å². The predicted molar refractivity (Wildman–Crippen MR) is 62.3 cm³/mol. The number of primary amides is 1. The molecule has 4 N–H and O–H groups in total. The maximum atomic E-state index is 13.3. The number of nitrogens with two attached hydrogens (primary N) is 1. The summed E-state index contributed by atoms with van der Waals surface area (Å²) >= 11 is 0. The predicted octanol–water partition coefficient (Wildman–Crippen LogP) is 0.631. The van der Waals surface area contributed by atoms with Crippen LogP contribution in [0.4, 0.5) is 19.3 Å². The van der Waals surface area contributed by atoms with Gasteiger partial charge in [0.05, 0.1) is 4.92 Å². The zero-order valence-corrected chi connectivity index (χ0v) is 9.78. The molecule has 1 rings (SSSR count). The van der Waals surface area contributed by atoms with Crippen LogP contribution >= 0.6 is 0 Å². The summed E-state index contributed by atoms with van der Waals surface area (Å²) in [6.07, 6.45) is 0. The normalized spacial score (nSPS) is 10.2. The Labute approximate surface area is 106 Å². The van der Waals surface area contributed by atoms with Gasteiger partial charge < -0.3 is 16.4 Å². The number of nitrogens with zero attached hydrogens (tertiary/aromatic N) is 1. The average Bonchev–Trinajstić information content (AvgIpc) is 2.30. The fraction of sp³-hybridized carbons (Fsp3) is 0.300. The van der Waals surface area contributed by atoms with E-state index in [-0.39, 0.29) is 25.2 Å². The SMILES string of the molecule is NC(=O)NCCNCc1cc([N+](=O)[O-])c(F)cc1F. The molecule has 0 heterocycles. The molecule has 104 valence electrons. The molecule has 0 unspecified atom stereocenters. The topological polar surface area (TPSA) is 110 Å². The van der Waals surface area contributed by atoms with Gasteiger partial charge in [-0.15, -0.1) is 0 Å². The second-order valence-electron chi connectivity index (χ2n) is 3.62. The molecular formula is C10H12F2N4O3. The van der Waals surface area contributed by atoms with Crippen LogP contribution in [0.3, 0.4) is 0 Å². The third-order valence-corrected chi connectivity index (χ3v) is 2.23. The van der Waals surface area contributed by atoms with Gasteiger partial charge in [-0.1, -0.05) is 0 Å². The number of nitrogens with one attached hydrogen (secondary N) is 2. The number of nitro benzene ring substituents is 1. The number of urea groups is 1. The van der Waals surface area contributed by atoms with Gasteiger partial charge in [0.1, 0.15) is 5.82 Å². The van der Waals surface area contributed by atoms with Crippen LogP contribution < -0.4 is 16.4 Å². The van der Waals surface area contributed by atoms with E-state index in [1.165, 1.54) is 0 Å². The maximum Gasteiger partial charge on any atom is 0.312 e. The lowest BCUT2D eigenvalue weighted by molar-refractivity contribution is -0.387. The Balaban J connectivity index is 2.60. The summed E-state index contributed by atoms with van der Waals surface area (Å²) in [5.74, 6) is -2.10. The van der Waals surface area contributed by atoms with Crippen LogP contribution in [0.5, 0.6) is 0 Å². The molecule has 0 atom stereocenters. The molecule has 2 amide bonds. The van der Waals surface area contributed by atoms with Gasteiger partial charge in [-0.2, -0.15) is 4.39 Å². The molecule has 9 heteroatoms. The number of carbonyl (C=O) groups is 1. The molecule has 0 saturated carbocycles. The number of carbonyl (C=O) groups excluding carboxylic acids is 1. The molecule has 0 fully saturated rings. The van der Waals surface area contributed by atoms with Gasteiger partial charge in [0.15, 0.2) is 0 Å². The summed E-state index contributed by atoms with van der Waals surface area (Å²) in [6.45, 7) is 0.473. The second kappa shape index (κ2) is 6.59. The van der Waals surface area contributed by atoms with Crippen LogP contribution in [0, 0.1) is 21.7 Å². The maximum absolute atomic E-state index is 13.3. The highest BCUT2D eigenvalue weighted by Crippen LogP contribution is 2.21. The molecular weight excluding hydrogens is 262 g/mol. The number of benzene rings is 1. The van der Waals surface area contributed by atoms with Gasteiger partial charge in [0, 0.05) is 37.3 Å². The Morgan fingerprint density at radius 1 is 1.32 bits per heavy atom. The summed E-state index contributed by atoms with van der Waals surface area (Å²) in [7, 11) is 0. The van der Waals surface area contributed by atoms with Crippen molar-refractivity contribution in [3.05, 3.63) is 39.4 Å². The standard InChI is InChI=1S/C10H12F2N4O3/c11-7-4-8(12)9(16(18)19)3-6(7)5-14-1-2-15-10(13)17/h3-4,14H,1-2,5H2,(H3,13,15,17). The van der Waals surface area contributed by atoms with Gasteiger partial charge in [-0.05, 0) is 0 Å². The average molecular weight is 274 g/mol. The molecule has 0 spiro atoms. The van der Waals surface area contributed by atoms with Gasteiger partial charge >= 0.3 is 11.7 Å². The monoisotopic (exact) mass is 274 g/mol. The van der Waals surface area contributed by atoms with E-state index in [4.69, 9.17) is 5.73 Å². The largest absolute Gasteiger partial charge is 0.352 e. The number of hydrogen-bond acceptors (Lipinski definition) is 4. The van der Waals surface area contributed by atoms with Crippen LogP contribution in [-0.4, -0.2) is 24.0 Å². The Bertz CT molecular complexity index is 496. The van der Waals surface area contributed by atoms with Crippen molar-refractivity contribution in [2.75, 3.05) is 13.1 Å². The van der Waals surface area contributed by atoms with Crippen LogP contribution in [-0.2, 0) is 6.54 Å². The number of rotatable bonds is 6. The highest BCUT2D eigenvalue weighted by molar-refractivity contribution is 5.71. The Morgan fingerprint density at radius 3 is 2.58 bits per heavy atom. The molecule has 0 saturated heterocycles. The van der Waals surface area contributed by atoms with Crippen molar-refractivity contribution in [1.29, 1.82) is 0 Å². The van der Waals surface area contributed by atoms with E-state index >= 15 is 0 Å².